The molecule has 0 atom stereocenters. The maximum absolute atomic E-state index is 11.9. The maximum atomic E-state index is 11.9. The van der Waals surface area contributed by atoms with Gasteiger partial charge in [-0.2, -0.15) is 0 Å². The minimum atomic E-state index is -3.51. The molecule has 0 saturated heterocycles. The summed E-state index contributed by atoms with van der Waals surface area (Å²) in [6.07, 6.45) is 1.98. The number of amides is 1. The number of aryl methyl sites for hydroxylation is 1. The van der Waals surface area contributed by atoms with Gasteiger partial charge in [0.2, 0.25) is 15.9 Å². The molecule has 0 aliphatic carbocycles. The van der Waals surface area contributed by atoms with Crippen molar-refractivity contribution in [3.05, 3.63) is 29.8 Å². The zero-order valence-electron chi connectivity index (χ0n) is 13.7. The van der Waals surface area contributed by atoms with Crippen LogP contribution < -0.4 is 9.62 Å². The van der Waals surface area contributed by atoms with Crippen LogP contribution in [0.2, 0.25) is 0 Å². The van der Waals surface area contributed by atoms with Crippen LogP contribution in [0.4, 0.5) is 5.69 Å². The summed E-state index contributed by atoms with van der Waals surface area (Å²) in [6.45, 7) is 3.01. The Balaban J connectivity index is 2.79. The molecule has 0 bridgehead atoms. The normalized spacial score (nSPS) is 11.5. The number of benzene rings is 1. The molecule has 6 nitrogen and oxygen atoms in total. The van der Waals surface area contributed by atoms with Crippen molar-refractivity contribution in [1.82, 2.24) is 10.2 Å². The first kappa shape index (κ1) is 18.4. The van der Waals surface area contributed by atoms with Crippen LogP contribution in [-0.2, 0) is 21.2 Å². The van der Waals surface area contributed by atoms with Gasteiger partial charge in [0.15, 0.2) is 0 Å². The highest BCUT2D eigenvalue weighted by Crippen LogP contribution is 2.18. The van der Waals surface area contributed by atoms with Crippen LogP contribution in [-0.4, -0.2) is 59.2 Å². The Hall–Kier alpha value is -1.60. The van der Waals surface area contributed by atoms with E-state index in [0.29, 0.717) is 18.8 Å². The van der Waals surface area contributed by atoms with Crippen molar-refractivity contribution in [2.75, 3.05) is 44.3 Å². The van der Waals surface area contributed by atoms with E-state index in [1.807, 2.05) is 38.1 Å². The topological polar surface area (TPSA) is 69.7 Å². The second-order valence-corrected chi connectivity index (χ2v) is 7.35. The molecule has 0 heterocycles. The lowest BCUT2D eigenvalue weighted by Gasteiger charge is -2.22. The Morgan fingerprint density at radius 2 is 1.77 bits per heavy atom. The standard InChI is InChI=1S/C15H25N3O3S/c1-5-13-6-8-14(9-7-13)18(22(4,20)21)12-15(19)16-10-11-17(2)3/h6-9H,5,10-12H2,1-4H3,(H,16,19). The lowest BCUT2D eigenvalue weighted by molar-refractivity contribution is -0.119. The molecule has 0 radical (unpaired) electrons. The summed E-state index contributed by atoms with van der Waals surface area (Å²) < 4.78 is 25.0. The molecule has 0 unspecified atom stereocenters. The number of nitrogens with one attached hydrogen (secondary N) is 1. The number of carbonyl (C=O) groups is 1. The molecule has 1 amide bonds. The van der Waals surface area contributed by atoms with Crippen LogP contribution in [0.25, 0.3) is 0 Å². The van der Waals surface area contributed by atoms with E-state index < -0.39 is 10.0 Å². The van der Waals surface area contributed by atoms with Gasteiger partial charge in [0, 0.05) is 13.1 Å². The predicted octanol–water partition coefficient (Wildman–Crippen LogP) is 0.693. The van der Waals surface area contributed by atoms with Gasteiger partial charge in [-0.05, 0) is 38.2 Å². The Morgan fingerprint density at radius 3 is 2.23 bits per heavy atom. The Morgan fingerprint density at radius 1 is 1.18 bits per heavy atom. The molecule has 0 aliphatic heterocycles. The monoisotopic (exact) mass is 327 g/mol. The van der Waals surface area contributed by atoms with Crippen molar-refractivity contribution in [3.8, 4) is 0 Å². The average molecular weight is 327 g/mol. The van der Waals surface area contributed by atoms with Crippen molar-refractivity contribution < 1.29 is 13.2 Å². The summed E-state index contributed by atoms with van der Waals surface area (Å²) in [6, 6.07) is 7.20. The van der Waals surface area contributed by atoms with Crippen molar-refractivity contribution in [3.63, 3.8) is 0 Å². The fourth-order valence-electron chi connectivity index (χ4n) is 1.90. The van der Waals surface area contributed by atoms with Crippen LogP contribution >= 0.6 is 0 Å². The molecule has 124 valence electrons. The number of carbonyl (C=O) groups excluding carboxylic acids is 1. The van der Waals surface area contributed by atoms with Crippen molar-refractivity contribution in [2.24, 2.45) is 0 Å². The molecule has 0 fully saturated rings. The molecule has 7 heteroatoms. The first-order chi connectivity index (χ1) is 10.2. The number of likely N-dealkylation sites (N-methyl/N-ethyl adjacent to an activating group) is 1. The third-order valence-corrected chi connectivity index (χ3v) is 4.34. The van der Waals surface area contributed by atoms with Crippen LogP contribution in [0, 0.1) is 0 Å². The van der Waals surface area contributed by atoms with Gasteiger partial charge in [-0.3, -0.25) is 9.10 Å². The Labute approximate surface area is 133 Å². The molecule has 1 aromatic rings. The highest BCUT2D eigenvalue weighted by molar-refractivity contribution is 7.92. The van der Waals surface area contributed by atoms with Crippen LogP contribution in [0.1, 0.15) is 12.5 Å². The average Bonchev–Trinajstić information content (AvgIpc) is 2.43. The predicted molar refractivity (Wildman–Crippen MR) is 89.6 cm³/mol. The zero-order chi connectivity index (χ0) is 16.8. The van der Waals surface area contributed by atoms with E-state index in [0.717, 1.165) is 22.5 Å². The van der Waals surface area contributed by atoms with Crippen LogP contribution in [0.5, 0.6) is 0 Å². The first-order valence-corrected chi connectivity index (χ1v) is 9.07. The fraction of sp³-hybridized carbons (Fsp3) is 0.533. The van der Waals surface area contributed by atoms with Crippen LogP contribution in [0.15, 0.2) is 24.3 Å². The molecule has 1 N–H and O–H groups in total. The van der Waals surface area contributed by atoms with E-state index in [1.165, 1.54) is 0 Å². The van der Waals surface area contributed by atoms with Gasteiger partial charge in [0.25, 0.3) is 0 Å². The molecule has 1 rings (SSSR count). The zero-order valence-corrected chi connectivity index (χ0v) is 14.5. The largest absolute Gasteiger partial charge is 0.353 e. The minimum Gasteiger partial charge on any atom is -0.353 e. The van der Waals surface area contributed by atoms with E-state index in [1.54, 1.807) is 12.1 Å². The number of hydrogen-bond donors (Lipinski definition) is 1. The van der Waals surface area contributed by atoms with Crippen LogP contribution in [0.3, 0.4) is 0 Å². The highest BCUT2D eigenvalue weighted by atomic mass is 32.2. The lowest BCUT2D eigenvalue weighted by atomic mass is 10.1. The minimum absolute atomic E-state index is 0.211. The highest BCUT2D eigenvalue weighted by Gasteiger charge is 2.20. The molecule has 0 saturated carbocycles. The number of rotatable bonds is 8. The quantitative estimate of drug-likeness (QED) is 0.763. The van der Waals surface area contributed by atoms with E-state index >= 15 is 0 Å². The van der Waals surface area contributed by atoms with Gasteiger partial charge in [-0.25, -0.2) is 8.42 Å². The van der Waals surface area contributed by atoms with E-state index in [9.17, 15) is 13.2 Å². The SMILES string of the molecule is CCc1ccc(N(CC(=O)NCCN(C)C)S(C)(=O)=O)cc1. The Kier molecular flexibility index (Phi) is 6.83. The van der Waals surface area contributed by atoms with Gasteiger partial charge in [-0.15, -0.1) is 0 Å². The number of anilines is 1. The van der Waals surface area contributed by atoms with E-state index in [4.69, 9.17) is 0 Å². The fourth-order valence-corrected chi connectivity index (χ4v) is 2.76. The second kappa shape index (κ2) is 8.14. The first-order valence-electron chi connectivity index (χ1n) is 7.22. The second-order valence-electron chi connectivity index (χ2n) is 5.44. The molecule has 0 aromatic heterocycles. The maximum Gasteiger partial charge on any atom is 0.240 e. The molecular weight excluding hydrogens is 302 g/mol. The number of hydrogen-bond acceptors (Lipinski definition) is 4. The summed E-state index contributed by atoms with van der Waals surface area (Å²) in [5, 5.41) is 2.72. The van der Waals surface area contributed by atoms with Gasteiger partial charge in [0.05, 0.1) is 11.9 Å². The molecule has 22 heavy (non-hydrogen) atoms. The van der Waals surface area contributed by atoms with Gasteiger partial charge in [0.1, 0.15) is 6.54 Å². The number of nitrogens with zero attached hydrogens (tertiary/aromatic N) is 2. The summed E-state index contributed by atoms with van der Waals surface area (Å²) >= 11 is 0. The van der Waals surface area contributed by atoms with Gasteiger partial charge in [-0.1, -0.05) is 19.1 Å². The third-order valence-electron chi connectivity index (χ3n) is 3.20. The van der Waals surface area contributed by atoms with Crippen molar-refractivity contribution in [2.45, 2.75) is 13.3 Å². The van der Waals surface area contributed by atoms with Gasteiger partial charge < -0.3 is 10.2 Å². The summed E-state index contributed by atoms with van der Waals surface area (Å²) in [5.41, 5.74) is 1.62. The van der Waals surface area contributed by atoms with Crippen molar-refractivity contribution in [1.29, 1.82) is 0 Å². The smallest absolute Gasteiger partial charge is 0.240 e. The summed E-state index contributed by atoms with van der Waals surface area (Å²) in [5.74, 6) is -0.313. The summed E-state index contributed by atoms with van der Waals surface area (Å²) in [4.78, 5) is 13.9. The van der Waals surface area contributed by atoms with E-state index in [-0.39, 0.29) is 12.5 Å². The molecular formula is C15H25N3O3S. The molecule has 0 aliphatic rings. The lowest BCUT2D eigenvalue weighted by Crippen LogP contribution is -2.42. The molecule has 0 spiro atoms. The van der Waals surface area contributed by atoms with Crippen molar-refractivity contribution >= 4 is 21.6 Å². The van der Waals surface area contributed by atoms with Gasteiger partial charge >= 0.3 is 0 Å². The third kappa shape index (κ3) is 6.03. The number of sulfonamides is 1. The Bertz CT molecular complexity index is 583. The summed E-state index contributed by atoms with van der Waals surface area (Å²) in [7, 11) is 0.302. The molecule has 1 aromatic carbocycles. The van der Waals surface area contributed by atoms with E-state index in [2.05, 4.69) is 5.32 Å².